The van der Waals surface area contributed by atoms with Gasteiger partial charge in [0.05, 0.1) is 30.3 Å². The van der Waals surface area contributed by atoms with E-state index in [-0.39, 0.29) is 43.0 Å². The van der Waals surface area contributed by atoms with Gasteiger partial charge < -0.3 is 14.7 Å². The molecule has 0 aromatic heterocycles. The van der Waals surface area contributed by atoms with Gasteiger partial charge in [-0.2, -0.15) is 4.31 Å². The van der Waals surface area contributed by atoms with Crippen molar-refractivity contribution in [3.8, 4) is 11.1 Å². The van der Waals surface area contributed by atoms with Crippen molar-refractivity contribution in [2.75, 3.05) is 26.7 Å². The minimum absolute atomic E-state index is 0.0165. The SMILES string of the molecule is C[C@H]1CN([C@@H](C)CO)C(=O)c2ccccc2-c2ccccc2CO[C@@H]1CN(C)S(=O)(=O)c1ccc(F)cc1. The van der Waals surface area contributed by atoms with Crippen molar-refractivity contribution in [3.63, 3.8) is 0 Å². The van der Waals surface area contributed by atoms with Gasteiger partial charge in [0.25, 0.3) is 5.91 Å². The number of ether oxygens (including phenoxy) is 1. The number of rotatable bonds is 6. The normalized spacial score (nSPS) is 19.4. The van der Waals surface area contributed by atoms with Crippen LogP contribution in [-0.4, -0.2) is 67.5 Å². The van der Waals surface area contributed by atoms with E-state index in [1.807, 2.05) is 49.4 Å². The van der Waals surface area contributed by atoms with E-state index in [9.17, 15) is 22.7 Å². The molecule has 0 bridgehead atoms. The molecule has 0 saturated carbocycles. The molecule has 0 unspecified atom stereocenters. The molecular formula is C29H33FN2O5S. The first-order valence-corrected chi connectivity index (χ1v) is 14.0. The molecule has 1 aliphatic rings. The number of nitrogens with zero attached hydrogens (tertiary/aromatic N) is 2. The highest BCUT2D eigenvalue weighted by atomic mass is 32.2. The summed E-state index contributed by atoms with van der Waals surface area (Å²) in [5.74, 6) is -1.01. The van der Waals surface area contributed by atoms with Crippen LogP contribution >= 0.6 is 0 Å². The van der Waals surface area contributed by atoms with E-state index in [1.54, 1.807) is 17.9 Å². The molecule has 1 aliphatic heterocycles. The molecule has 3 aromatic carbocycles. The van der Waals surface area contributed by atoms with E-state index in [2.05, 4.69) is 0 Å². The molecule has 9 heteroatoms. The fourth-order valence-electron chi connectivity index (χ4n) is 4.69. The predicted octanol–water partition coefficient (Wildman–Crippen LogP) is 4.17. The molecule has 3 aromatic rings. The number of amides is 1. The Bertz CT molecular complexity index is 1380. The lowest BCUT2D eigenvalue weighted by Gasteiger charge is -2.35. The number of sulfonamides is 1. The van der Waals surface area contributed by atoms with Gasteiger partial charge >= 0.3 is 0 Å². The van der Waals surface area contributed by atoms with Crippen molar-refractivity contribution in [2.45, 2.75) is 37.5 Å². The second-order valence-corrected chi connectivity index (χ2v) is 11.8. The quantitative estimate of drug-likeness (QED) is 0.507. The lowest BCUT2D eigenvalue weighted by atomic mass is 9.94. The Hall–Kier alpha value is -3.11. The van der Waals surface area contributed by atoms with Crippen molar-refractivity contribution in [3.05, 3.63) is 89.7 Å². The summed E-state index contributed by atoms with van der Waals surface area (Å²) in [5, 5.41) is 9.96. The fraction of sp³-hybridized carbons (Fsp3) is 0.345. The molecule has 0 saturated heterocycles. The molecular weight excluding hydrogens is 507 g/mol. The first kappa shape index (κ1) is 27.9. The number of carbonyl (C=O) groups excluding carboxylic acids is 1. The maximum atomic E-state index is 13.9. The summed E-state index contributed by atoms with van der Waals surface area (Å²) in [5.41, 5.74) is 3.03. The van der Waals surface area contributed by atoms with E-state index >= 15 is 0 Å². The van der Waals surface area contributed by atoms with Crippen molar-refractivity contribution in [2.24, 2.45) is 5.92 Å². The number of likely N-dealkylation sites (N-methyl/N-ethyl adjacent to an activating group) is 1. The molecule has 202 valence electrons. The van der Waals surface area contributed by atoms with Crippen LogP contribution in [0.5, 0.6) is 0 Å². The van der Waals surface area contributed by atoms with Crippen molar-refractivity contribution >= 4 is 15.9 Å². The molecule has 1 heterocycles. The minimum atomic E-state index is -3.91. The van der Waals surface area contributed by atoms with E-state index in [0.29, 0.717) is 5.56 Å². The number of carbonyl (C=O) groups is 1. The van der Waals surface area contributed by atoms with Crippen molar-refractivity contribution in [1.82, 2.24) is 9.21 Å². The predicted molar refractivity (Wildman–Crippen MR) is 143 cm³/mol. The maximum Gasteiger partial charge on any atom is 0.254 e. The monoisotopic (exact) mass is 540 g/mol. The third-order valence-electron chi connectivity index (χ3n) is 7.05. The van der Waals surface area contributed by atoms with Crippen LogP contribution in [0.15, 0.2) is 77.7 Å². The molecule has 0 aliphatic carbocycles. The molecule has 4 rings (SSSR count). The van der Waals surface area contributed by atoms with Crippen molar-refractivity contribution < 1.29 is 27.4 Å². The summed E-state index contributed by atoms with van der Waals surface area (Å²) in [6.07, 6.45) is -0.578. The summed E-state index contributed by atoms with van der Waals surface area (Å²) >= 11 is 0. The number of aliphatic hydroxyl groups is 1. The van der Waals surface area contributed by atoms with E-state index in [1.165, 1.54) is 23.5 Å². The highest BCUT2D eigenvalue weighted by molar-refractivity contribution is 7.89. The van der Waals surface area contributed by atoms with Crippen LogP contribution in [0.3, 0.4) is 0 Å². The Morgan fingerprint density at radius 1 is 1.03 bits per heavy atom. The smallest absolute Gasteiger partial charge is 0.254 e. The molecule has 0 fully saturated rings. The summed E-state index contributed by atoms with van der Waals surface area (Å²) in [4.78, 5) is 15.5. The molecule has 3 atom stereocenters. The zero-order chi connectivity index (χ0) is 27.4. The Labute approximate surface area is 223 Å². The molecule has 0 spiro atoms. The lowest BCUT2D eigenvalue weighted by Crippen LogP contribution is -2.47. The standard InChI is InChI=1S/C29H33FN2O5S/c1-20-16-32(21(2)18-33)29(34)27-11-7-6-10-26(27)25-9-5-4-8-22(25)19-37-28(20)17-31(3)38(35,36)24-14-12-23(30)13-15-24/h4-15,20-21,28,33H,16-19H2,1-3H3/t20-,21-,28+/m0/s1. The Morgan fingerprint density at radius 3 is 2.29 bits per heavy atom. The molecule has 38 heavy (non-hydrogen) atoms. The van der Waals surface area contributed by atoms with Crippen LogP contribution in [0.25, 0.3) is 11.1 Å². The minimum Gasteiger partial charge on any atom is -0.394 e. The average Bonchev–Trinajstić information content (AvgIpc) is 2.94. The first-order valence-electron chi connectivity index (χ1n) is 12.6. The zero-order valence-corrected chi connectivity index (χ0v) is 22.6. The number of hydrogen-bond acceptors (Lipinski definition) is 5. The summed E-state index contributed by atoms with van der Waals surface area (Å²) < 4.78 is 47.4. The van der Waals surface area contributed by atoms with Gasteiger partial charge in [0.1, 0.15) is 5.82 Å². The second-order valence-electron chi connectivity index (χ2n) is 9.76. The van der Waals surface area contributed by atoms with E-state index in [4.69, 9.17) is 4.74 Å². The van der Waals surface area contributed by atoms with Gasteiger partial charge in [-0.1, -0.05) is 49.4 Å². The topological polar surface area (TPSA) is 87.2 Å². The fourth-order valence-corrected chi connectivity index (χ4v) is 5.87. The average molecular weight is 541 g/mol. The van der Waals surface area contributed by atoms with Crippen LogP contribution in [0.1, 0.15) is 29.8 Å². The summed E-state index contributed by atoms with van der Waals surface area (Å²) in [6.45, 7) is 3.95. The highest BCUT2D eigenvalue weighted by Crippen LogP contribution is 2.31. The molecule has 1 amide bonds. The number of halogens is 1. The number of benzene rings is 3. The van der Waals surface area contributed by atoms with Gasteiger partial charge in [-0.25, -0.2) is 12.8 Å². The van der Waals surface area contributed by atoms with Crippen LogP contribution < -0.4 is 0 Å². The van der Waals surface area contributed by atoms with E-state index < -0.39 is 28.0 Å². The highest BCUT2D eigenvalue weighted by Gasteiger charge is 2.32. The van der Waals surface area contributed by atoms with Gasteiger partial charge in [-0.3, -0.25) is 4.79 Å². The van der Waals surface area contributed by atoms with Gasteiger partial charge in [0, 0.05) is 31.6 Å². The summed E-state index contributed by atoms with van der Waals surface area (Å²) in [7, 11) is -2.45. The second kappa shape index (κ2) is 11.7. The Kier molecular flexibility index (Phi) is 8.62. The van der Waals surface area contributed by atoms with Gasteiger partial charge in [0.2, 0.25) is 10.0 Å². The first-order chi connectivity index (χ1) is 18.1. The number of hydrogen-bond donors (Lipinski definition) is 1. The zero-order valence-electron chi connectivity index (χ0n) is 21.7. The van der Waals surface area contributed by atoms with Gasteiger partial charge in [-0.05, 0) is 53.9 Å². The van der Waals surface area contributed by atoms with Gasteiger partial charge in [0.15, 0.2) is 0 Å². The Balaban J connectivity index is 1.73. The van der Waals surface area contributed by atoms with Crippen LogP contribution in [-0.2, 0) is 21.4 Å². The molecule has 0 radical (unpaired) electrons. The van der Waals surface area contributed by atoms with Crippen molar-refractivity contribution in [1.29, 1.82) is 0 Å². The van der Waals surface area contributed by atoms with Crippen LogP contribution in [0.4, 0.5) is 4.39 Å². The Morgan fingerprint density at radius 2 is 1.63 bits per heavy atom. The molecule has 1 N–H and O–H groups in total. The largest absolute Gasteiger partial charge is 0.394 e. The number of aliphatic hydroxyl groups excluding tert-OH is 1. The van der Waals surface area contributed by atoms with E-state index in [0.717, 1.165) is 28.8 Å². The third kappa shape index (κ3) is 5.81. The lowest BCUT2D eigenvalue weighted by molar-refractivity contribution is -0.0146. The van der Waals surface area contributed by atoms with Gasteiger partial charge in [-0.15, -0.1) is 0 Å². The van der Waals surface area contributed by atoms with Crippen LogP contribution in [0, 0.1) is 11.7 Å². The maximum absolute atomic E-state index is 13.9. The van der Waals surface area contributed by atoms with Crippen LogP contribution in [0.2, 0.25) is 0 Å². The molecule has 7 nitrogen and oxygen atoms in total. The number of fused-ring (bicyclic) bond motifs is 3. The summed E-state index contributed by atoms with van der Waals surface area (Å²) in [6, 6.07) is 19.3. The third-order valence-corrected chi connectivity index (χ3v) is 8.89.